The topological polar surface area (TPSA) is 77.0 Å². The number of thiophene rings is 1. The standard InChI is InChI=1S/C19H25NO5S/c1-12-14(10-15(23-2)18(25-4)17(12)24-3)19(22)20-11-13(7-8-21)16-6-5-9-26-16/h5-6,9-10,13,21H,7-8,11H2,1-4H3,(H,20,22). The van der Waals surface area contributed by atoms with E-state index in [1.807, 2.05) is 17.5 Å². The zero-order chi connectivity index (χ0) is 19.1. The Kier molecular flexibility index (Phi) is 7.29. The zero-order valence-electron chi connectivity index (χ0n) is 15.5. The highest BCUT2D eigenvalue weighted by atomic mass is 32.1. The SMILES string of the molecule is COc1cc(C(=O)NCC(CCO)c2cccs2)c(C)c(OC)c1OC. The Labute approximate surface area is 157 Å². The van der Waals surface area contributed by atoms with Gasteiger partial charge in [-0.2, -0.15) is 0 Å². The Balaban J connectivity index is 2.23. The molecule has 6 nitrogen and oxygen atoms in total. The Morgan fingerprint density at radius 1 is 1.23 bits per heavy atom. The van der Waals surface area contributed by atoms with Gasteiger partial charge in [-0.15, -0.1) is 11.3 Å². The molecule has 1 unspecified atom stereocenters. The fourth-order valence-corrected chi connectivity index (χ4v) is 3.74. The van der Waals surface area contributed by atoms with Crippen LogP contribution in [0.2, 0.25) is 0 Å². The van der Waals surface area contributed by atoms with Gasteiger partial charge < -0.3 is 24.6 Å². The molecule has 1 aromatic carbocycles. The maximum atomic E-state index is 12.8. The third kappa shape index (κ3) is 4.28. The predicted molar refractivity (Wildman–Crippen MR) is 102 cm³/mol. The number of amides is 1. The second-order valence-corrected chi connectivity index (χ2v) is 6.73. The second kappa shape index (κ2) is 9.45. The number of ether oxygens (including phenoxy) is 3. The van der Waals surface area contributed by atoms with Gasteiger partial charge in [0.1, 0.15) is 0 Å². The van der Waals surface area contributed by atoms with Gasteiger partial charge in [-0.05, 0) is 30.9 Å². The Morgan fingerprint density at radius 2 is 1.96 bits per heavy atom. The van der Waals surface area contributed by atoms with Crippen molar-refractivity contribution in [1.82, 2.24) is 5.32 Å². The fourth-order valence-electron chi connectivity index (χ4n) is 2.87. The van der Waals surface area contributed by atoms with E-state index in [2.05, 4.69) is 5.32 Å². The summed E-state index contributed by atoms with van der Waals surface area (Å²) in [5.41, 5.74) is 1.14. The summed E-state index contributed by atoms with van der Waals surface area (Å²) in [7, 11) is 4.57. The minimum Gasteiger partial charge on any atom is -0.493 e. The third-order valence-electron chi connectivity index (χ3n) is 4.25. The van der Waals surface area contributed by atoms with Gasteiger partial charge in [0.15, 0.2) is 11.5 Å². The molecule has 0 aliphatic heterocycles. The molecule has 2 aromatic rings. The zero-order valence-corrected chi connectivity index (χ0v) is 16.3. The minimum atomic E-state index is -0.221. The summed E-state index contributed by atoms with van der Waals surface area (Å²) in [4.78, 5) is 13.9. The van der Waals surface area contributed by atoms with Gasteiger partial charge in [0, 0.05) is 35.1 Å². The number of aliphatic hydroxyl groups excluding tert-OH is 1. The van der Waals surface area contributed by atoms with E-state index in [0.717, 1.165) is 4.88 Å². The van der Waals surface area contributed by atoms with E-state index in [0.29, 0.717) is 41.3 Å². The summed E-state index contributed by atoms with van der Waals surface area (Å²) in [6.07, 6.45) is 0.592. The van der Waals surface area contributed by atoms with Crippen LogP contribution in [-0.2, 0) is 0 Å². The molecule has 0 aliphatic rings. The average molecular weight is 379 g/mol. The fraction of sp³-hybridized carbons (Fsp3) is 0.421. The quantitative estimate of drug-likeness (QED) is 0.700. The van der Waals surface area contributed by atoms with Gasteiger partial charge in [0.05, 0.1) is 21.3 Å². The number of carbonyl (C=O) groups is 1. The second-order valence-electron chi connectivity index (χ2n) is 5.75. The number of nitrogens with one attached hydrogen (secondary N) is 1. The van der Waals surface area contributed by atoms with E-state index >= 15 is 0 Å². The highest BCUT2D eigenvalue weighted by Crippen LogP contribution is 2.41. The van der Waals surface area contributed by atoms with Crippen LogP contribution in [0.15, 0.2) is 23.6 Å². The molecular weight excluding hydrogens is 354 g/mol. The average Bonchev–Trinajstić information content (AvgIpc) is 3.18. The maximum absolute atomic E-state index is 12.8. The summed E-state index contributed by atoms with van der Waals surface area (Å²) in [6, 6.07) is 5.63. The summed E-state index contributed by atoms with van der Waals surface area (Å²) >= 11 is 1.62. The smallest absolute Gasteiger partial charge is 0.251 e. The maximum Gasteiger partial charge on any atom is 0.251 e. The van der Waals surface area contributed by atoms with Crippen molar-refractivity contribution in [3.05, 3.63) is 39.6 Å². The summed E-state index contributed by atoms with van der Waals surface area (Å²) in [5.74, 6) is 1.22. The normalized spacial score (nSPS) is 11.7. The number of hydrogen-bond donors (Lipinski definition) is 2. The van der Waals surface area contributed by atoms with E-state index in [4.69, 9.17) is 14.2 Å². The van der Waals surface area contributed by atoms with Crippen molar-refractivity contribution < 1.29 is 24.1 Å². The van der Waals surface area contributed by atoms with Crippen molar-refractivity contribution in [2.45, 2.75) is 19.3 Å². The van der Waals surface area contributed by atoms with Crippen LogP contribution in [0.4, 0.5) is 0 Å². The number of aliphatic hydroxyl groups is 1. The van der Waals surface area contributed by atoms with Crippen LogP contribution >= 0.6 is 11.3 Å². The Bertz CT molecular complexity index is 730. The number of rotatable bonds is 9. The van der Waals surface area contributed by atoms with Crippen LogP contribution in [0.25, 0.3) is 0 Å². The van der Waals surface area contributed by atoms with E-state index in [9.17, 15) is 9.90 Å². The van der Waals surface area contributed by atoms with E-state index in [-0.39, 0.29) is 18.4 Å². The molecule has 0 spiro atoms. The molecule has 2 rings (SSSR count). The van der Waals surface area contributed by atoms with Crippen LogP contribution in [0.1, 0.15) is 33.1 Å². The molecule has 26 heavy (non-hydrogen) atoms. The number of hydrogen-bond acceptors (Lipinski definition) is 6. The molecule has 1 amide bonds. The first-order valence-electron chi connectivity index (χ1n) is 8.29. The minimum absolute atomic E-state index is 0.0711. The monoisotopic (exact) mass is 379 g/mol. The van der Waals surface area contributed by atoms with Crippen molar-refractivity contribution in [2.24, 2.45) is 0 Å². The van der Waals surface area contributed by atoms with Gasteiger partial charge in [0.25, 0.3) is 5.91 Å². The van der Waals surface area contributed by atoms with Crippen molar-refractivity contribution in [3.63, 3.8) is 0 Å². The molecule has 0 saturated heterocycles. The number of methoxy groups -OCH3 is 3. The van der Waals surface area contributed by atoms with Crippen molar-refractivity contribution in [3.8, 4) is 17.2 Å². The van der Waals surface area contributed by atoms with Gasteiger partial charge in [-0.3, -0.25) is 4.79 Å². The van der Waals surface area contributed by atoms with Crippen molar-refractivity contribution >= 4 is 17.2 Å². The lowest BCUT2D eigenvalue weighted by Crippen LogP contribution is -2.29. The van der Waals surface area contributed by atoms with Crippen molar-refractivity contribution in [1.29, 1.82) is 0 Å². The predicted octanol–water partition coefficient (Wildman–Crippen LogP) is 2.98. The summed E-state index contributed by atoms with van der Waals surface area (Å²) in [5, 5.41) is 14.2. The molecule has 2 N–H and O–H groups in total. The largest absolute Gasteiger partial charge is 0.493 e. The van der Waals surface area contributed by atoms with Crippen LogP contribution in [0.3, 0.4) is 0 Å². The third-order valence-corrected chi connectivity index (χ3v) is 5.29. The summed E-state index contributed by atoms with van der Waals surface area (Å²) in [6.45, 7) is 2.32. The lowest BCUT2D eigenvalue weighted by molar-refractivity contribution is 0.0948. The highest BCUT2D eigenvalue weighted by Gasteiger charge is 2.22. The lowest BCUT2D eigenvalue weighted by Gasteiger charge is -2.19. The molecule has 0 saturated carbocycles. The van der Waals surface area contributed by atoms with Crippen LogP contribution in [0.5, 0.6) is 17.2 Å². The molecule has 0 bridgehead atoms. The molecule has 0 aliphatic carbocycles. The summed E-state index contributed by atoms with van der Waals surface area (Å²) < 4.78 is 16.1. The molecular formula is C19H25NO5S. The highest BCUT2D eigenvalue weighted by molar-refractivity contribution is 7.10. The van der Waals surface area contributed by atoms with Crippen LogP contribution < -0.4 is 19.5 Å². The molecule has 1 heterocycles. The first kappa shape index (κ1) is 20.1. The number of carbonyl (C=O) groups excluding carboxylic acids is 1. The Morgan fingerprint density at radius 3 is 2.50 bits per heavy atom. The van der Waals surface area contributed by atoms with E-state index < -0.39 is 0 Å². The first-order chi connectivity index (χ1) is 12.6. The van der Waals surface area contributed by atoms with Crippen LogP contribution in [0, 0.1) is 6.92 Å². The first-order valence-corrected chi connectivity index (χ1v) is 9.17. The molecule has 1 aromatic heterocycles. The molecule has 142 valence electrons. The van der Waals surface area contributed by atoms with E-state index in [1.54, 1.807) is 24.3 Å². The Hall–Kier alpha value is -2.25. The number of benzene rings is 1. The molecule has 1 atom stereocenters. The van der Waals surface area contributed by atoms with E-state index in [1.165, 1.54) is 21.3 Å². The van der Waals surface area contributed by atoms with Gasteiger partial charge in [-0.1, -0.05) is 6.07 Å². The molecule has 0 fully saturated rings. The molecule has 7 heteroatoms. The van der Waals surface area contributed by atoms with Crippen molar-refractivity contribution in [2.75, 3.05) is 34.5 Å². The lowest BCUT2D eigenvalue weighted by atomic mass is 10.0. The van der Waals surface area contributed by atoms with Crippen LogP contribution in [-0.4, -0.2) is 45.5 Å². The van der Waals surface area contributed by atoms with Gasteiger partial charge >= 0.3 is 0 Å². The van der Waals surface area contributed by atoms with Gasteiger partial charge in [0.2, 0.25) is 5.75 Å². The van der Waals surface area contributed by atoms with Gasteiger partial charge in [-0.25, -0.2) is 0 Å². The molecule has 0 radical (unpaired) electrons.